The lowest BCUT2D eigenvalue weighted by molar-refractivity contribution is 0.104. The summed E-state index contributed by atoms with van der Waals surface area (Å²) in [6, 6.07) is 14.3. The van der Waals surface area contributed by atoms with Crippen LogP contribution in [0.1, 0.15) is 40.9 Å². The van der Waals surface area contributed by atoms with E-state index in [0.29, 0.717) is 12.0 Å². The average Bonchev–Trinajstić information content (AvgIpc) is 3.10. The molecule has 126 valence electrons. The van der Waals surface area contributed by atoms with Gasteiger partial charge in [-0.05, 0) is 41.5 Å². The van der Waals surface area contributed by atoms with Crippen LogP contribution in [0, 0.1) is 5.41 Å². The molecule has 0 atom stereocenters. The lowest BCUT2D eigenvalue weighted by Gasteiger charge is -2.14. The number of benzene rings is 2. The van der Waals surface area contributed by atoms with Crippen LogP contribution in [-0.4, -0.2) is 10.4 Å². The molecule has 0 amide bonds. The molecule has 0 radical (unpaired) electrons. The molecular formula is C23H23NO. The fraction of sp³-hybridized carbons (Fsp3) is 0.261. The second-order valence-corrected chi connectivity index (χ2v) is 7.83. The van der Waals surface area contributed by atoms with E-state index in [2.05, 4.69) is 43.2 Å². The average molecular weight is 329 g/mol. The van der Waals surface area contributed by atoms with Crippen LogP contribution in [-0.2, 0) is 19.4 Å². The van der Waals surface area contributed by atoms with Crippen LogP contribution in [0.2, 0.25) is 0 Å². The normalized spacial score (nSPS) is 15.3. The van der Waals surface area contributed by atoms with Crippen LogP contribution < -0.4 is 0 Å². The molecule has 0 aliphatic heterocycles. The molecule has 0 unspecified atom stereocenters. The highest BCUT2D eigenvalue weighted by Gasteiger charge is 2.29. The molecule has 2 nitrogen and oxygen atoms in total. The lowest BCUT2D eigenvalue weighted by atomic mass is 9.90. The number of ketones is 1. The summed E-state index contributed by atoms with van der Waals surface area (Å²) in [6.07, 6.45) is 5.96. The van der Waals surface area contributed by atoms with Crippen molar-refractivity contribution < 1.29 is 4.79 Å². The number of rotatable bonds is 4. The topological polar surface area (TPSA) is 22.0 Å². The molecule has 2 aromatic carbocycles. The van der Waals surface area contributed by atoms with Crippen molar-refractivity contribution in [2.24, 2.45) is 5.41 Å². The van der Waals surface area contributed by atoms with Crippen LogP contribution in [0.15, 0.2) is 61.3 Å². The molecule has 3 aromatic rings. The molecule has 1 aliphatic rings. The summed E-state index contributed by atoms with van der Waals surface area (Å²) in [6.45, 7) is 9.10. The third-order valence-electron chi connectivity index (χ3n) is 5.17. The molecule has 1 heterocycles. The predicted molar refractivity (Wildman–Crippen MR) is 103 cm³/mol. The number of carbonyl (C=O) groups excluding carboxylic acids is 1. The SMILES string of the molecule is C=CCn1cc(C(=O)c2ccc3c(c2)CC(C)(C)C3)c2ccccc21. The van der Waals surface area contributed by atoms with Crippen LogP contribution >= 0.6 is 0 Å². The van der Waals surface area contributed by atoms with E-state index in [4.69, 9.17) is 0 Å². The predicted octanol–water partition coefficient (Wildman–Crippen LogP) is 5.18. The van der Waals surface area contributed by atoms with Crippen molar-refractivity contribution in [3.05, 3.63) is 83.6 Å². The molecule has 25 heavy (non-hydrogen) atoms. The standard InChI is InChI=1S/C23H23NO/c1-4-11-24-15-20(19-7-5-6-8-21(19)24)22(25)16-9-10-17-13-23(2,3)14-18(17)12-16/h4-10,12,15H,1,11,13-14H2,2-3H3. The van der Waals surface area contributed by atoms with Crippen molar-refractivity contribution in [3.8, 4) is 0 Å². The van der Waals surface area contributed by atoms with Crippen LogP contribution in [0.25, 0.3) is 10.9 Å². The molecule has 0 bridgehead atoms. The van der Waals surface area contributed by atoms with Crippen molar-refractivity contribution in [3.63, 3.8) is 0 Å². The molecule has 0 saturated carbocycles. The van der Waals surface area contributed by atoms with Crippen molar-refractivity contribution in [1.29, 1.82) is 0 Å². The summed E-state index contributed by atoms with van der Waals surface area (Å²) >= 11 is 0. The number of hydrogen-bond acceptors (Lipinski definition) is 1. The van der Waals surface area contributed by atoms with Crippen LogP contribution in [0.3, 0.4) is 0 Å². The first-order valence-corrected chi connectivity index (χ1v) is 8.84. The molecule has 1 aliphatic carbocycles. The summed E-state index contributed by atoms with van der Waals surface area (Å²) in [7, 11) is 0. The Labute approximate surface area is 148 Å². The lowest BCUT2D eigenvalue weighted by Crippen LogP contribution is -2.09. The van der Waals surface area contributed by atoms with Crippen LogP contribution in [0.5, 0.6) is 0 Å². The summed E-state index contributed by atoms with van der Waals surface area (Å²) in [4.78, 5) is 13.2. The van der Waals surface area contributed by atoms with Gasteiger partial charge in [0.15, 0.2) is 5.78 Å². The zero-order valence-corrected chi connectivity index (χ0v) is 14.9. The van der Waals surface area contributed by atoms with Gasteiger partial charge in [0.05, 0.1) is 0 Å². The summed E-state index contributed by atoms with van der Waals surface area (Å²) < 4.78 is 2.09. The van der Waals surface area contributed by atoms with Gasteiger partial charge >= 0.3 is 0 Å². The number of hydrogen-bond donors (Lipinski definition) is 0. The Balaban J connectivity index is 1.78. The minimum atomic E-state index is 0.103. The monoisotopic (exact) mass is 329 g/mol. The Hall–Kier alpha value is -2.61. The van der Waals surface area contributed by atoms with Gasteiger partial charge in [-0.1, -0.05) is 50.3 Å². The van der Waals surface area contributed by atoms with E-state index in [9.17, 15) is 4.79 Å². The van der Waals surface area contributed by atoms with Gasteiger partial charge in [-0.2, -0.15) is 0 Å². The van der Waals surface area contributed by atoms with Crippen molar-refractivity contribution in [1.82, 2.24) is 4.57 Å². The van der Waals surface area contributed by atoms with E-state index >= 15 is 0 Å². The Morgan fingerprint density at radius 1 is 1.16 bits per heavy atom. The van der Waals surface area contributed by atoms with Crippen molar-refractivity contribution in [2.45, 2.75) is 33.2 Å². The first kappa shape index (κ1) is 15.9. The quantitative estimate of drug-likeness (QED) is 0.477. The van der Waals surface area contributed by atoms with Gasteiger partial charge in [0.2, 0.25) is 0 Å². The Morgan fingerprint density at radius 3 is 2.72 bits per heavy atom. The maximum absolute atomic E-state index is 13.2. The number of nitrogens with zero attached hydrogens (tertiary/aromatic N) is 1. The Kier molecular flexibility index (Phi) is 3.64. The highest BCUT2D eigenvalue weighted by Crippen LogP contribution is 2.37. The van der Waals surface area contributed by atoms with Crippen LogP contribution in [0.4, 0.5) is 0 Å². The second kappa shape index (κ2) is 5.73. The van der Waals surface area contributed by atoms with E-state index in [1.54, 1.807) is 0 Å². The molecule has 0 spiro atoms. The van der Waals surface area contributed by atoms with Crippen molar-refractivity contribution in [2.75, 3.05) is 0 Å². The molecule has 4 rings (SSSR count). The van der Waals surface area contributed by atoms with Gasteiger partial charge < -0.3 is 4.57 Å². The Morgan fingerprint density at radius 2 is 1.92 bits per heavy atom. The van der Waals surface area contributed by atoms with Gasteiger partial charge in [-0.3, -0.25) is 4.79 Å². The van der Waals surface area contributed by atoms with Crippen molar-refractivity contribution >= 4 is 16.7 Å². The minimum Gasteiger partial charge on any atom is -0.343 e. The maximum Gasteiger partial charge on any atom is 0.195 e. The first-order chi connectivity index (χ1) is 12.0. The molecule has 2 heteroatoms. The molecule has 0 fully saturated rings. The third-order valence-corrected chi connectivity index (χ3v) is 5.17. The van der Waals surface area contributed by atoms with E-state index in [1.165, 1.54) is 11.1 Å². The van der Waals surface area contributed by atoms with Gasteiger partial charge in [0.1, 0.15) is 0 Å². The van der Waals surface area contributed by atoms with E-state index in [1.807, 2.05) is 36.5 Å². The number of allylic oxidation sites excluding steroid dienone is 1. The fourth-order valence-electron chi connectivity index (χ4n) is 4.07. The van der Waals surface area contributed by atoms with Gasteiger partial charge in [-0.15, -0.1) is 6.58 Å². The number of carbonyl (C=O) groups is 1. The highest BCUT2D eigenvalue weighted by molar-refractivity contribution is 6.16. The van der Waals surface area contributed by atoms with Gasteiger partial charge in [0, 0.05) is 34.8 Å². The molecule has 0 N–H and O–H groups in total. The number of aromatic nitrogens is 1. The Bertz CT molecular complexity index is 990. The van der Waals surface area contributed by atoms with E-state index in [-0.39, 0.29) is 5.78 Å². The third kappa shape index (κ3) is 2.72. The second-order valence-electron chi connectivity index (χ2n) is 7.83. The maximum atomic E-state index is 13.2. The summed E-state index contributed by atoms with van der Waals surface area (Å²) in [5.41, 5.74) is 5.64. The molecule has 1 aromatic heterocycles. The zero-order valence-electron chi connectivity index (χ0n) is 14.9. The van der Waals surface area contributed by atoms with E-state index in [0.717, 1.165) is 34.9 Å². The fourth-order valence-corrected chi connectivity index (χ4v) is 4.07. The van der Waals surface area contributed by atoms with E-state index < -0.39 is 0 Å². The largest absolute Gasteiger partial charge is 0.343 e. The minimum absolute atomic E-state index is 0.103. The number of para-hydroxylation sites is 1. The zero-order chi connectivity index (χ0) is 17.6. The highest BCUT2D eigenvalue weighted by atomic mass is 16.1. The summed E-state index contributed by atoms with van der Waals surface area (Å²) in [5.74, 6) is 0.103. The summed E-state index contributed by atoms with van der Waals surface area (Å²) in [5, 5.41) is 1.01. The molecule has 0 saturated heterocycles. The first-order valence-electron chi connectivity index (χ1n) is 8.84. The smallest absolute Gasteiger partial charge is 0.195 e. The molecular weight excluding hydrogens is 306 g/mol. The van der Waals surface area contributed by atoms with Gasteiger partial charge in [-0.25, -0.2) is 0 Å². The number of fused-ring (bicyclic) bond motifs is 2. The van der Waals surface area contributed by atoms with Gasteiger partial charge in [0.25, 0.3) is 0 Å².